The molecule has 4 fully saturated rings. The number of rotatable bonds is 3. The van der Waals surface area contributed by atoms with Gasteiger partial charge in [-0.15, -0.1) is 11.3 Å². The Bertz CT molecular complexity index is 580. The summed E-state index contributed by atoms with van der Waals surface area (Å²) in [6.07, 6.45) is 8.03. The highest BCUT2D eigenvalue weighted by molar-refractivity contribution is 7.13. The fraction of sp³-hybridized carbons (Fsp3) is 0.688. The molecule has 1 amide bonds. The summed E-state index contributed by atoms with van der Waals surface area (Å²) in [6.45, 7) is 0. The summed E-state index contributed by atoms with van der Waals surface area (Å²) < 4.78 is 0. The predicted octanol–water partition coefficient (Wildman–Crippen LogP) is 3.46. The Morgan fingerprint density at radius 1 is 1.33 bits per heavy atom. The van der Waals surface area contributed by atoms with Gasteiger partial charge in [0, 0.05) is 10.8 Å². The summed E-state index contributed by atoms with van der Waals surface area (Å²) in [5.41, 5.74) is 1.47. The summed E-state index contributed by atoms with van der Waals surface area (Å²) in [7, 11) is 0. The number of anilines is 1. The molecule has 1 heterocycles. The Morgan fingerprint density at radius 3 is 2.52 bits per heavy atom. The van der Waals surface area contributed by atoms with Crippen molar-refractivity contribution in [1.82, 2.24) is 4.98 Å². The van der Waals surface area contributed by atoms with Crippen molar-refractivity contribution < 1.29 is 4.79 Å². The van der Waals surface area contributed by atoms with Crippen molar-refractivity contribution in [1.29, 1.82) is 5.26 Å². The molecule has 0 saturated heterocycles. The molecule has 1 N–H and O–H groups in total. The van der Waals surface area contributed by atoms with Crippen molar-refractivity contribution in [2.75, 3.05) is 5.32 Å². The lowest BCUT2D eigenvalue weighted by molar-refractivity contribution is -0.115. The Balaban J connectivity index is 1.56. The van der Waals surface area contributed by atoms with Crippen LogP contribution in [0.15, 0.2) is 5.38 Å². The second-order valence-corrected chi connectivity index (χ2v) is 7.98. The van der Waals surface area contributed by atoms with E-state index in [2.05, 4.69) is 10.7 Å². The number of carbonyl (C=O) groups excluding carboxylic acids is 1. The number of amides is 1. The van der Waals surface area contributed by atoms with Gasteiger partial charge in [0.15, 0.2) is 5.13 Å². The molecule has 0 unspecified atom stereocenters. The van der Waals surface area contributed by atoms with Crippen LogP contribution < -0.4 is 5.32 Å². The summed E-state index contributed by atoms with van der Waals surface area (Å²) in [5.74, 6) is 2.43. The van der Waals surface area contributed by atoms with Gasteiger partial charge in [-0.25, -0.2) is 4.98 Å². The molecular formula is C16H19N3OS. The Morgan fingerprint density at radius 2 is 1.95 bits per heavy atom. The van der Waals surface area contributed by atoms with Gasteiger partial charge in [-0.1, -0.05) is 0 Å². The number of carbonyl (C=O) groups is 1. The zero-order valence-corrected chi connectivity index (χ0v) is 12.8. The van der Waals surface area contributed by atoms with Crippen LogP contribution in [-0.2, 0) is 10.2 Å². The van der Waals surface area contributed by atoms with E-state index in [9.17, 15) is 4.79 Å². The first-order valence-electron chi connectivity index (χ1n) is 7.80. The molecule has 1 aromatic heterocycles. The van der Waals surface area contributed by atoms with Crippen LogP contribution in [-0.4, -0.2) is 10.9 Å². The molecule has 4 bridgehead atoms. The molecule has 5 heteroatoms. The third-order valence-electron chi connectivity index (χ3n) is 5.57. The van der Waals surface area contributed by atoms with Crippen LogP contribution in [0.1, 0.15) is 50.6 Å². The van der Waals surface area contributed by atoms with Gasteiger partial charge in [-0.3, -0.25) is 4.79 Å². The second-order valence-electron chi connectivity index (χ2n) is 7.12. The predicted molar refractivity (Wildman–Crippen MR) is 80.8 cm³/mol. The zero-order chi connectivity index (χ0) is 14.4. The number of hydrogen-bond acceptors (Lipinski definition) is 4. The van der Waals surface area contributed by atoms with Gasteiger partial charge < -0.3 is 5.32 Å². The van der Waals surface area contributed by atoms with Gasteiger partial charge in [0.2, 0.25) is 5.91 Å². The normalized spacial score (nSPS) is 36.4. The van der Waals surface area contributed by atoms with E-state index in [1.165, 1.54) is 55.6 Å². The smallest absolute Gasteiger partial charge is 0.240 e. The largest absolute Gasteiger partial charge is 0.301 e. The number of hydrogen-bond donors (Lipinski definition) is 1. The van der Waals surface area contributed by atoms with Gasteiger partial charge >= 0.3 is 0 Å². The third kappa shape index (κ3) is 2.26. The summed E-state index contributed by atoms with van der Waals surface area (Å²) >= 11 is 1.50. The number of nitriles is 1. The fourth-order valence-electron chi connectivity index (χ4n) is 5.23. The van der Waals surface area contributed by atoms with E-state index in [0.29, 0.717) is 5.13 Å². The average molecular weight is 301 g/mol. The van der Waals surface area contributed by atoms with Gasteiger partial charge in [0.25, 0.3) is 0 Å². The van der Waals surface area contributed by atoms with Crippen molar-refractivity contribution >= 4 is 22.4 Å². The molecule has 0 spiro atoms. The first-order valence-corrected chi connectivity index (χ1v) is 8.68. The van der Waals surface area contributed by atoms with Crippen molar-refractivity contribution in [3.63, 3.8) is 0 Å². The van der Waals surface area contributed by atoms with Gasteiger partial charge in [-0.2, -0.15) is 5.26 Å². The molecule has 0 aromatic carbocycles. The minimum atomic E-state index is -0.260. The SMILES string of the molecule is N#CCC(=O)Nc1nc(C23CC4CC(CC(C4)C2)C3)cs1. The highest BCUT2D eigenvalue weighted by Crippen LogP contribution is 2.60. The summed E-state index contributed by atoms with van der Waals surface area (Å²) in [5, 5.41) is 14.1. The fourth-order valence-corrected chi connectivity index (χ4v) is 6.08. The van der Waals surface area contributed by atoms with Crippen molar-refractivity contribution in [3.05, 3.63) is 11.1 Å². The quantitative estimate of drug-likeness (QED) is 0.929. The number of thiazole rings is 1. The lowest BCUT2D eigenvalue weighted by Gasteiger charge is -2.56. The average Bonchev–Trinajstić information content (AvgIpc) is 2.86. The van der Waals surface area contributed by atoms with E-state index in [0.717, 1.165) is 17.8 Å². The maximum absolute atomic E-state index is 11.5. The number of nitrogens with zero attached hydrogens (tertiary/aromatic N) is 2. The molecule has 4 aliphatic carbocycles. The van der Waals surface area contributed by atoms with E-state index in [1.807, 2.05) is 6.07 Å². The molecule has 4 nitrogen and oxygen atoms in total. The topological polar surface area (TPSA) is 65.8 Å². The maximum atomic E-state index is 11.5. The van der Waals surface area contributed by atoms with Gasteiger partial charge in [0.1, 0.15) is 6.42 Å². The van der Waals surface area contributed by atoms with E-state index >= 15 is 0 Å². The maximum Gasteiger partial charge on any atom is 0.240 e. The van der Waals surface area contributed by atoms with E-state index in [1.54, 1.807) is 0 Å². The Kier molecular flexibility index (Phi) is 3.04. The molecule has 4 aliphatic rings. The Labute approximate surface area is 128 Å². The highest BCUT2D eigenvalue weighted by atomic mass is 32.1. The molecule has 1 aromatic rings. The number of aromatic nitrogens is 1. The minimum Gasteiger partial charge on any atom is -0.301 e. The highest BCUT2D eigenvalue weighted by Gasteiger charge is 2.52. The Hall–Kier alpha value is -1.41. The van der Waals surface area contributed by atoms with Crippen LogP contribution in [0.3, 0.4) is 0 Å². The van der Waals surface area contributed by atoms with Crippen LogP contribution in [0.5, 0.6) is 0 Å². The first kappa shape index (κ1) is 13.3. The van der Waals surface area contributed by atoms with Gasteiger partial charge in [-0.05, 0) is 56.3 Å². The minimum absolute atomic E-state index is 0.105. The second kappa shape index (κ2) is 4.81. The molecule has 5 rings (SSSR count). The molecule has 110 valence electrons. The molecule has 0 aliphatic heterocycles. The van der Waals surface area contributed by atoms with E-state index in [-0.39, 0.29) is 17.7 Å². The monoisotopic (exact) mass is 301 g/mol. The number of nitrogens with one attached hydrogen (secondary N) is 1. The van der Waals surface area contributed by atoms with Crippen LogP contribution in [0.2, 0.25) is 0 Å². The van der Waals surface area contributed by atoms with Crippen LogP contribution >= 0.6 is 11.3 Å². The molecule has 0 atom stereocenters. The van der Waals surface area contributed by atoms with E-state index < -0.39 is 0 Å². The molecule has 21 heavy (non-hydrogen) atoms. The summed E-state index contributed by atoms with van der Waals surface area (Å²) in [6, 6.07) is 1.87. The first-order chi connectivity index (χ1) is 10.2. The standard InChI is InChI=1S/C16H19N3OS/c17-2-1-14(20)19-15-18-13(9-21-15)16-6-10-3-11(7-16)5-12(4-10)8-16/h9-12H,1,3-8H2,(H,18,19,20). The molecule has 0 radical (unpaired) electrons. The summed E-state index contributed by atoms with van der Waals surface area (Å²) in [4.78, 5) is 16.2. The van der Waals surface area contributed by atoms with Crippen molar-refractivity contribution in [2.45, 2.75) is 50.4 Å². The van der Waals surface area contributed by atoms with E-state index in [4.69, 9.17) is 10.2 Å². The van der Waals surface area contributed by atoms with Gasteiger partial charge in [0.05, 0.1) is 11.8 Å². The lowest BCUT2D eigenvalue weighted by Crippen LogP contribution is -2.48. The molecule has 4 saturated carbocycles. The van der Waals surface area contributed by atoms with Crippen LogP contribution in [0.25, 0.3) is 0 Å². The third-order valence-corrected chi connectivity index (χ3v) is 6.33. The lowest BCUT2D eigenvalue weighted by atomic mass is 9.49. The molecular weight excluding hydrogens is 282 g/mol. The van der Waals surface area contributed by atoms with Crippen LogP contribution in [0.4, 0.5) is 5.13 Å². The van der Waals surface area contributed by atoms with Crippen molar-refractivity contribution in [2.24, 2.45) is 17.8 Å². The van der Waals surface area contributed by atoms with Crippen molar-refractivity contribution in [3.8, 4) is 6.07 Å². The zero-order valence-electron chi connectivity index (χ0n) is 12.0. The van der Waals surface area contributed by atoms with Crippen LogP contribution in [0, 0.1) is 29.1 Å².